The average molecular weight is 193 g/mol. The fourth-order valence-corrected chi connectivity index (χ4v) is 1.35. The number of hydrogen-bond acceptors (Lipinski definition) is 3. The molecule has 0 saturated heterocycles. The maximum absolute atomic E-state index is 3.37. The standard InChI is InChI=1S/C11H19N3/c1-12-7-8-14-9-10-5-3-4-6-11(10)13-2/h3-6,12-14H,7-9H2,1-2H3. The molecule has 78 valence electrons. The topological polar surface area (TPSA) is 36.1 Å². The van der Waals surface area contributed by atoms with Crippen LogP contribution in [0.1, 0.15) is 5.56 Å². The molecule has 0 saturated carbocycles. The van der Waals surface area contributed by atoms with Gasteiger partial charge in [-0.1, -0.05) is 18.2 Å². The van der Waals surface area contributed by atoms with Gasteiger partial charge in [-0.25, -0.2) is 0 Å². The average Bonchev–Trinajstić information content (AvgIpc) is 2.25. The fourth-order valence-electron chi connectivity index (χ4n) is 1.35. The van der Waals surface area contributed by atoms with Gasteiger partial charge in [-0.05, 0) is 18.7 Å². The van der Waals surface area contributed by atoms with Crippen LogP contribution < -0.4 is 16.0 Å². The maximum atomic E-state index is 3.37. The number of benzene rings is 1. The summed E-state index contributed by atoms with van der Waals surface area (Å²) in [6.07, 6.45) is 0. The van der Waals surface area contributed by atoms with Crippen molar-refractivity contribution in [2.45, 2.75) is 6.54 Å². The summed E-state index contributed by atoms with van der Waals surface area (Å²) in [5.41, 5.74) is 2.51. The summed E-state index contributed by atoms with van der Waals surface area (Å²) in [7, 11) is 3.91. The Bertz CT molecular complexity index is 260. The van der Waals surface area contributed by atoms with Crippen molar-refractivity contribution < 1.29 is 0 Å². The zero-order valence-corrected chi connectivity index (χ0v) is 8.93. The Balaban J connectivity index is 2.41. The van der Waals surface area contributed by atoms with E-state index in [1.807, 2.05) is 20.2 Å². The third-order valence-electron chi connectivity index (χ3n) is 2.15. The molecule has 0 fully saturated rings. The van der Waals surface area contributed by atoms with Crippen LogP contribution in [-0.4, -0.2) is 27.2 Å². The first-order valence-corrected chi connectivity index (χ1v) is 4.99. The van der Waals surface area contributed by atoms with Gasteiger partial charge in [0.25, 0.3) is 0 Å². The monoisotopic (exact) mass is 193 g/mol. The normalized spacial score (nSPS) is 10.1. The zero-order valence-electron chi connectivity index (χ0n) is 8.93. The second-order valence-electron chi connectivity index (χ2n) is 3.19. The summed E-state index contributed by atoms with van der Waals surface area (Å²) in [5, 5.41) is 9.66. The molecule has 1 aromatic carbocycles. The van der Waals surface area contributed by atoms with Crippen molar-refractivity contribution >= 4 is 5.69 Å². The van der Waals surface area contributed by atoms with Crippen molar-refractivity contribution in [1.29, 1.82) is 0 Å². The van der Waals surface area contributed by atoms with Gasteiger partial charge in [-0.15, -0.1) is 0 Å². The molecule has 0 radical (unpaired) electrons. The smallest absolute Gasteiger partial charge is 0.0383 e. The van der Waals surface area contributed by atoms with Gasteiger partial charge in [0, 0.05) is 32.4 Å². The molecule has 0 bridgehead atoms. The number of para-hydroxylation sites is 1. The van der Waals surface area contributed by atoms with Gasteiger partial charge in [-0.3, -0.25) is 0 Å². The molecule has 0 aliphatic heterocycles. The Hall–Kier alpha value is -1.06. The lowest BCUT2D eigenvalue weighted by molar-refractivity contribution is 0.651. The Morgan fingerprint density at radius 2 is 1.86 bits per heavy atom. The Labute approximate surface area is 85.9 Å². The first kappa shape index (κ1) is 11.0. The minimum absolute atomic E-state index is 0.915. The van der Waals surface area contributed by atoms with Gasteiger partial charge in [0.05, 0.1) is 0 Å². The first-order chi connectivity index (χ1) is 6.88. The molecule has 14 heavy (non-hydrogen) atoms. The molecular formula is C11H19N3. The molecule has 1 aromatic rings. The van der Waals surface area contributed by atoms with E-state index < -0.39 is 0 Å². The van der Waals surface area contributed by atoms with E-state index in [0.717, 1.165) is 19.6 Å². The predicted octanol–water partition coefficient (Wildman–Crippen LogP) is 1.04. The van der Waals surface area contributed by atoms with Crippen LogP contribution in [0.15, 0.2) is 24.3 Å². The van der Waals surface area contributed by atoms with Gasteiger partial charge in [0.15, 0.2) is 0 Å². The molecule has 0 spiro atoms. The molecule has 0 aliphatic carbocycles. The van der Waals surface area contributed by atoms with Gasteiger partial charge < -0.3 is 16.0 Å². The summed E-state index contributed by atoms with van der Waals surface area (Å²) in [4.78, 5) is 0. The van der Waals surface area contributed by atoms with Gasteiger partial charge in [0.2, 0.25) is 0 Å². The Morgan fingerprint density at radius 3 is 2.57 bits per heavy atom. The molecule has 3 heteroatoms. The maximum Gasteiger partial charge on any atom is 0.0383 e. The van der Waals surface area contributed by atoms with Crippen LogP contribution in [-0.2, 0) is 6.54 Å². The fraction of sp³-hybridized carbons (Fsp3) is 0.455. The second kappa shape index (κ2) is 6.40. The lowest BCUT2D eigenvalue weighted by Gasteiger charge is -2.09. The number of nitrogens with one attached hydrogen (secondary N) is 3. The predicted molar refractivity (Wildman–Crippen MR) is 61.6 cm³/mol. The summed E-state index contributed by atoms with van der Waals surface area (Å²) in [5.74, 6) is 0. The number of likely N-dealkylation sites (N-methyl/N-ethyl adjacent to an activating group) is 1. The van der Waals surface area contributed by atoms with Crippen LogP contribution in [0.5, 0.6) is 0 Å². The van der Waals surface area contributed by atoms with E-state index in [9.17, 15) is 0 Å². The van der Waals surface area contributed by atoms with Crippen molar-refractivity contribution in [3.05, 3.63) is 29.8 Å². The second-order valence-corrected chi connectivity index (χ2v) is 3.19. The Morgan fingerprint density at radius 1 is 1.07 bits per heavy atom. The Kier molecular flexibility index (Phi) is 5.04. The van der Waals surface area contributed by atoms with Crippen molar-refractivity contribution in [1.82, 2.24) is 10.6 Å². The van der Waals surface area contributed by atoms with E-state index in [-0.39, 0.29) is 0 Å². The zero-order chi connectivity index (χ0) is 10.2. The van der Waals surface area contributed by atoms with Crippen molar-refractivity contribution in [2.75, 3.05) is 32.5 Å². The molecule has 0 atom stereocenters. The largest absolute Gasteiger partial charge is 0.388 e. The van der Waals surface area contributed by atoms with Crippen molar-refractivity contribution in [2.24, 2.45) is 0 Å². The van der Waals surface area contributed by atoms with Crippen LogP contribution >= 0.6 is 0 Å². The van der Waals surface area contributed by atoms with E-state index in [1.165, 1.54) is 11.3 Å². The van der Waals surface area contributed by atoms with Crippen molar-refractivity contribution in [3.8, 4) is 0 Å². The molecular weight excluding hydrogens is 174 g/mol. The number of hydrogen-bond donors (Lipinski definition) is 3. The molecule has 3 nitrogen and oxygen atoms in total. The summed E-state index contributed by atoms with van der Waals surface area (Å²) < 4.78 is 0. The van der Waals surface area contributed by atoms with Gasteiger partial charge in [0.1, 0.15) is 0 Å². The molecule has 0 unspecified atom stereocenters. The highest BCUT2D eigenvalue weighted by molar-refractivity contribution is 5.50. The van der Waals surface area contributed by atoms with E-state index >= 15 is 0 Å². The molecule has 1 rings (SSSR count). The molecule has 0 heterocycles. The van der Waals surface area contributed by atoms with Crippen LogP contribution in [0.25, 0.3) is 0 Å². The molecule has 3 N–H and O–H groups in total. The minimum Gasteiger partial charge on any atom is -0.388 e. The van der Waals surface area contributed by atoms with Crippen LogP contribution in [0.4, 0.5) is 5.69 Å². The lowest BCUT2D eigenvalue weighted by atomic mass is 10.2. The summed E-state index contributed by atoms with van der Waals surface area (Å²) in [6.45, 7) is 2.91. The van der Waals surface area contributed by atoms with Gasteiger partial charge >= 0.3 is 0 Å². The number of anilines is 1. The van der Waals surface area contributed by atoms with Crippen LogP contribution in [0.3, 0.4) is 0 Å². The number of rotatable bonds is 6. The third kappa shape index (κ3) is 3.36. The van der Waals surface area contributed by atoms with Crippen molar-refractivity contribution in [3.63, 3.8) is 0 Å². The SMILES string of the molecule is CNCCNCc1ccccc1NC. The van der Waals surface area contributed by atoms with Crippen LogP contribution in [0.2, 0.25) is 0 Å². The molecule has 0 aromatic heterocycles. The van der Waals surface area contributed by atoms with Crippen LogP contribution in [0, 0.1) is 0 Å². The first-order valence-electron chi connectivity index (χ1n) is 4.99. The molecule has 0 aliphatic rings. The van der Waals surface area contributed by atoms with E-state index in [0.29, 0.717) is 0 Å². The molecule has 0 amide bonds. The summed E-state index contributed by atoms with van der Waals surface area (Å²) >= 11 is 0. The highest BCUT2D eigenvalue weighted by Crippen LogP contribution is 2.13. The lowest BCUT2D eigenvalue weighted by Crippen LogP contribution is -2.24. The third-order valence-corrected chi connectivity index (χ3v) is 2.15. The highest BCUT2D eigenvalue weighted by atomic mass is 14.9. The van der Waals surface area contributed by atoms with E-state index in [1.54, 1.807) is 0 Å². The van der Waals surface area contributed by atoms with Gasteiger partial charge in [-0.2, -0.15) is 0 Å². The quantitative estimate of drug-likeness (QED) is 0.591. The highest BCUT2D eigenvalue weighted by Gasteiger charge is 1.97. The minimum atomic E-state index is 0.915. The van der Waals surface area contributed by atoms with E-state index in [4.69, 9.17) is 0 Å². The summed E-state index contributed by atoms with van der Waals surface area (Å²) in [6, 6.07) is 8.34. The van der Waals surface area contributed by atoms with E-state index in [2.05, 4.69) is 34.1 Å².